The van der Waals surface area contributed by atoms with E-state index >= 15 is 0 Å². The largest absolute Gasteiger partial charge is 0.389 e. The van der Waals surface area contributed by atoms with Gasteiger partial charge in [0, 0.05) is 18.5 Å². The summed E-state index contributed by atoms with van der Waals surface area (Å²) < 4.78 is 27.6. The van der Waals surface area contributed by atoms with Gasteiger partial charge in [-0.25, -0.2) is 8.78 Å². The molecule has 1 aromatic heterocycles. The number of β-amino-alcohol motifs (C(OH)–C–C–N with tert-alkyl or cyclic N) is 1. The van der Waals surface area contributed by atoms with Crippen LogP contribution in [0, 0.1) is 11.6 Å². The second-order valence-electron chi connectivity index (χ2n) is 5.97. The van der Waals surface area contributed by atoms with Crippen molar-refractivity contribution < 1.29 is 23.5 Å². The van der Waals surface area contributed by atoms with E-state index in [0.29, 0.717) is 11.3 Å². The van der Waals surface area contributed by atoms with Crippen molar-refractivity contribution in [1.29, 1.82) is 0 Å². The summed E-state index contributed by atoms with van der Waals surface area (Å²) in [6.45, 7) is 0.0812. The van der Waals surface area contributed by atoms with Crippen LogP contribution in [0.15, 0.2) is 28.9 Å². The van der Waals surface area contributed by atoms with Gasteiger partial charge in [0.2, 0.25) is 11.8 Å². The second kappa shape index (κ2) is 7.55. The number of H-pyrrole nitrogens is 1. The summed E-state index contributed by atoms with van der Waals surface area (Å²) in [5.41, 5.74) is 1.30. The monoisotopic (exact) mass is 427 g/mol. The summed E-state index contributed by atoms with van der Waals surface area (Å²) in [6, 6.07) is 4.55. The Morgan fingerprint density at radius 1 is 1.31 bits per heavy atom. The summed E-state index contributed by atoms with van der Waals surface area (Å²) in [5, 5.41) is 14.5. The van der Waals surface area contributed by atoms with Crippen molar-refractivity contribution in [3.63, 3.8) is 0 Å². The standard InChI is InChI=1S/C17H16BrF2N3O3/c18-16-13(20)10(14(23-16)8-1-3-9(19)4-2-8)5-6-12(25)22-15-11(24)7-21-17(15)26/h1-4,11,15,23-24H,5-7H2,(H,21,26)(H,22,25)/t11-,15+/m1/s1. The van der Waals surface area contributed by atoms with E-state index in [1.165, 1.54) is 24.3 Å². The van der Waals surface area contributed by atoms with Crippen LogP contribution in [-0.4, -0.2) is 40.6 Å². The van der Waals surface area contributed by atoms with E-state index in [1.807, 2.05) is 0 Å². The number of carbonyl (C=O) groups excluding carboxylic acids is 2. The Balaban J connectivity index is 1.72. The molecule has 0 spiro atoms. The minimum absolute atomic E-state index is 0.0664. The van der Waals surface area contributed by atoms with Crippen LogP contribution in [0.2, 0.25) is 0 Å². The molecular weight excluding hydrogens is 412 g/mol. The molecule has 1 aromatic carbocycles. The zero-order valence-corrected chi connectivity index (χ0v) is 15.1. The van der Waals surface area contributed by atoms with Gasteiger partial charge < -0.3 is 20.7 Å². The molecule has 0 saturated carbocycles. The van der Waals surface area contributed by atoms with Crippen LogP contribution in [0.25, 0.3) is 11.3 Å². The van der Waals surface area contributed by atoms with Gasteiger partial charge in [-0.1, -0.05) is 0 Å². The number of hydrogen-bond acceptors (Lipinski definition) is 3. The van der Waals surface area contributed by atoms with Gasteiger partial charge >= 0.3 is 0 Å². The SMILES string of the molecule is O=C(CCc1c(-c2ccc(F)cc2)[nH]c(Br)c1F)N[C@@H]1C(=O)NC[C@H]1O. The maximum atomic E-state index is 14.4. The fourth-order valence-electron chi connectivity index (χ4n) is 2.83. The number of benzene rings is 1. The van der Waals surface area contributed by atoms with Gasteiger partial charge in [-0.3, -0.25) is 9.59 Å². The highest BCUT2D eigenvalue weighted by Crippen LogP contribution is 2.31. The van der Waals surface area contributed by atoms with Crippen LogP contribution in [0.5, 0.6) is 0 Å². The highest BCUT2D eigenvalue weighted by atomic mass is 79.9. The number of carbonyl (C=O) groups is 2. The van der Waals surface area contributed by atoms with E-state index in [-0.39, 0.29) is 29.6 Å². The average molecular weight is 428 g/mol. The molecule has 0 bridgehead atoms. The Hall–Kier alpha value is -2.26. The fourth-order valence-corrected chi connectivity index (χ4v) is 3.27. The number of aromatic amines is 1. The van der Waals surface area contributed by atoms with Crippen LogP contribution in [0.4, 0.5) is 8.78 Å². The van der Waals surface area contributed by atoms with Gasteiger partial charge in [-0.15, -0.1) is 0 Å². The number of amides is 2. The van der Waals surface area contributed by atoms with Crippen LogP contribution in [-0.2, 0) is 16.0 Å². The zero-order valence-electron chi connectivity index (χ0n) is 13.5. The van der Waals surface area contributed by atoms with Gasteiger partial charge in [-0.05, 0) is 52.2 Å². The topological polar surface area (TPSA) is 94.2 Å². The van der Waals surface area contributed by atoms with Gasteiger partial charge in [0.1, 0.15) is 22.6 Å². The maximum absolute atomic E-state index is 14.4. The lowest BCUT2D eigenvalue weighted by Gasteiger charge is -2.13. The van der Waals surface area contributed by atoms with Crippen LogP contribution < -0.4 is 10.6 Å². The number of hydrogen-bond donors (Lipinski definition) is 4. The van der Waals surface area contributed by atoms with Crippen molar-refractivity contribution in [2.24, 2.45) is 0 Å². The summed E-state index contributed by atoms with van der Waals surface area (Å²) in [5.74, 6) is -1.87. The predicted molar refractivity (Wildman–Crippen MR) is 93.1 cm³/mol. The van der Waals surface area contributed by atoms with Gasteiger partial charge in [0.25, 0.3) is 0 Å². The lowest BCUT2D eigenvalue weighted by molar-refractivity contribution is -0.128. The van der Waals surface area contributed by atoms with Crippen LogP contribution in [0.1, 0.15) is 12.0 Å². The minimum atomic E-state index is -0.998. The lowest BCUT2D eigenvalue weighted by atomic mass is 10.0. The van der Waals surface area contributed by atoms with E-state index in [2.05, 4.69) is 31.5 Å². The third-order valence-electron chi connectivity index (χ3n) is 4.20. The molecule has 6 nitrogen and oxygen atoms in total. The van der Waals surface area contributed by atoms with Crippen LogP contribution >= 0.6 is 15.9 Å². The molecule has 0 unspecified atom stereocenters. The molecule has 0 radical (unpaired) electrons. The number of nitrogens with one attached hydrogen (secondary N) is 3. The average Bonchev–Trinajstić information content (AvgIpc) is 3.07. The Bertz CT molecular complexity index is 839. The lowest BCUT2D eigenvalue weighted by Crippen LogP contribution is -2.45. The maximum Gasteiger partial charge on any atom is 0.245 e. The molecule has 1 fully saturated rings. The molecule has 1 saturated heterocycles. The first kappa shape index (κ1) is 18.5. The predicted octanol–water partition coefficient (Wildman–Crippen LogP) is 1.63. The molecule has 9 heteroatoms. The van der Waals surface area contributed by atoms with Crippen molar-refractivity contribution in [2.75, 3.05) is 6.54 Å². The molecule has 2 aromatic rings. The molecular formula is C17H16BrF2N3O3. The van der Waals surface area contributed by atoms with Crippen LogP contribution in [0.3, 0.4) is 0 Å². The van der Waals surface area contributed by atoms with Gasteiger partial charge in [0.15, 0.2) is 5.82 Å². The number of aliphatic hydroxyl groups excluding tert-OH is 1. The smallest absolute Gasteiger partial charge is 0.245 e. The molecule has 26 heavy (non-hydrogen) atoms. The normalized spacial score (nSPS) is 19.5. The highest BCUT2D eigenvalue weighted by molar-refractivity contribution is 9.10. The number of aliphatic hydroxyl groups is 1. The second-order valence-corrected chi connectivity index (χ2v) is 6.76. The first-order chi connectivity index (χ1) is 12.4. The van der Waals surface area contributed by atoms with Gasteiger partial charge in [0.05, 0.1) is 5.69 Å². The summed E-state index contributed by atoms with van der Waals surface area (Å²) in [7, 11) is 0. The van der Waals surface area contributed by atoms with Crippen molar-refractivity contribution in [3.05, 3.63) is 46.1 Å². The van der Waals surface area contributed by atoms with Crippen molar-refractivity contribution in [2.45, 2.75) is 25.0 Å². The Kier molecular flexibility index (Phi) is 5.38. The van der Waals surface area contributed by atoms with Gasteiger partial charge in [-0.2, -0.15) is 0 Å². The fraction of sp³-hybridized carbons (Fsp3) is 0.294. The van der Waals surface area contributed by atoms with E-state index in [0.717, 1.165) is 0 Å². The third kappa shape index (κ3) is 3.78. The molecule has 2 atom stereocenters. The first-order valence-corrected chi connectivity index (χ1v) is 8.73. The molecule has 1 aliphatic rings. The van der Waals surface area contributed by atoms with E-state index in [1.54, 1.807) is 0 Å². The molecule has 138 valence electrons. The molecule has 3 rings (SSSR count). The zero-order chi connectivity index (χ0) is 18.8. The number of rotatable bonds is 5. The molecule has 2 heterocycles. The quantitative estimate of drug-likeness (QED) is 0.583. The van der Waals surface area contributed by atoms with Crippen molar-refractivity contribution in [1.82, 2.24) is 15.6 Å². The third-order valence-corrected chi connectivity index (χ3v) is 4.74. The summed E-state index contributed by atoms with van der Waals surface area (Å²) >= 11 is 3.08. The number of halogens is 3. The van der Waals surface area contributed by atoms with E-state index in [4.69, 9.17) is 0 Å². The summed E-state index contributed by atoms with van der Waals surface area (Å²) in [4.78, 5) is 26.5. The molecule has 1 aliphatic heterocycles. The van der Waals surface area contributed by atoms with Crippen molar-refractivity contribution in [3.8, 4) is 11.3 Å². The minimum Gasteiger partial charge on any atom is -0.389 e. The Morgan fingerprint density at radius 3 is 2.62 bits per heavy atom. The Labute approximate surface area is 156 Å². The Morgan fingerprint density at radius 2 is 2.00 bits per heavy atom. The highest BCUT2D eigenvalue weighted by Gasteiger charge is 2.34. The molecule has 2 amide bonds. The van der Waals surface area contributed by atoms with E-state index < -0.39 is 35.6 Å². The molecule has 4 N–H and O–H groups in total. The molecule has 0 aliphatic carbocycles. The van der Waals surface area contributed by atoms with Crippen molar-refractivity contribution >= 4 is 27.7 Å². The number of aromatic nitrogens is 1. The summed E-state index contributed by atoms with van der Waals surface area (Å²) in [6.07, 6.45) is -0.998. The first-order valence-electron chi connectivity index (χ1n) is 7.93. The van der Waals surface area contributed by atoms with E-state index in [9.17, 15) is 23.5 Å².